The lowest BCUT2D eigenvalue weighted by atomic mass is 10.2. The Labute approximate surface area is 152 Å². The summed E-state index contributed by atoms with van der Waals surface area (Å²) in [6.45, 7) is 0. The molecule has 1 N–H and O–H groups in total. The molecule has 0 bridgehead atoms. The van der Waals surface area contributed by atoms with Gasteiger partial charge >= 0.3 is 0 Å². The second kappa shape index (κ2) is 7.13. The third kappa shape index (κ3) is 4.00. The first-order valence-corrected chi connectivity index (χ1v) is 8.47. The third-order valence-electron chi connectivity index (χ3n) is 2.66. The minimum Gasteiger partial charge on any atom is -0.495 e. The van der Waals surface area contributed by atoms with Crippen molar-refractivity contribution in [3.8, 4) is 5.75 Å². The van der Waals surface area contributed by atoms with Gasteiger partial charge in [-0.25, -0.2) is 0 Å². The predicted octanol–water partition coefficient (Wildman–Crippen LogP) is 5.89. The highest BCUT2D eigenvalue weighted by molar-refractivity contribution is 9.11. The van der Waals surface area contributed by atoms with E-state index in [1.165, 1.54) is 0 Å². The molecule has 0 atom stereocenters. The van der Waals surface area contributed by atoms with Gasteiger partial charge in [0.25, 0.3) is 5.91 Å². The number of anilines is 1. The van der Waals surface area contributed by atoms with Crippen molar-refractivity contribution in [1.29, 1.82) is 0 Å². The van der Waals surface area contributed by atoms with Gasteiger partial charge in [-0.3, -0.25) is 4.79 Å². The van der Waals surface area contributed by atoms with Crippen LogP contribution < -0.4 is 10.1 Å². The standard InChI is InChI=1S/C14H9Br3ClNO2/c1-21-13-6-12(9(16)5-10(13)17)19-14(20)8-4-7(15)2-3-11(8)18/h2-6H,1H3,(H,19,20). The van der Waals surface area contributed by atoms with Crippen LogP contribution in [0.15, 0.2) is 43.7 Å². The number of nitrogens with one attached hydrogen (secondary N) is 1. The fourth-order valence-corrected chi connectivity index (χ4v) is 3.46. The molecule has 21 heavy (non-hydrogen) atoms. The minimum absolute atomic E-state index is 0.300. The summed E-state index contributed by atoms with van der Waals surface area (Å²) < 4.78 is 7.52. The molecule has 110 valence electrons. The molecule has 2 aromatic rings. The molecule has 3 nitrogen and oxygen atoms in total. The van der Waals surface area contributed by atoms with Gasteiger partial charge in [-0.1, -0.05) is 27.5 Å². The summed E-state index contributed by atoms with van der Waals surface area (Å²) >= 11 is 16.2. The first-order chi connectivity index (χ1) is 9.92. The van der Waals surface area contributed by atoms with Gasteiger partial charge in [0.2, 0.25) is 0 Å². The maximum Gasteiger partial charge on any atom is 0.257 e. The van der Waals surface area contributed by atoms with Crippen molar-refractivity contribution in [2.24, 2.45) is 0 Å². The van der Waals surface area contributed by atoms with Gasteiger partial charge < -0.3 is 10.1 Å². The molecule has 2 rings (SSSR count). The summed E-state index contributed by atoms with van der Waals surface area (Å²) in [5, 5.41) is 3.19. The van der Waals surface area contributed by atoms with Gasteiger partial charge in [-0.05, 0) is 56.1 Å². The van der Waals surface area contributed by atoms with Gasteiger partial charge in [0, 0.05) is 15.0 Å². The van der Waals surface area contributed by atoms with Crippen LogP contribution in [0.2, 0.25) is 5.02 Å². The lowest BCUT2D eigenvalue weighted by Crippen LogP contribution is -2.13. The van der Waals surface area contributed by atoms with E-state index in [9.17, 15) is 4.79 Å². The number of carbonyl (C=O) groups excluding carboxylic acids is 1. The Hall–Kier alpha value is -0.560. The summed E-state index contributed by atoms with van der Waals surface area (Å²) in [6, 6.07) is 8.63. The van der Waals surface area contributed by atoms with Crippen molar-refractivity contribution >= 4 is 71.0 Å². The number of rotatable bonds is 3. The molecule has 0 aliphatic carbocycles. The van der Waals surface area contributed by atoms with Gasteiger partial charge in [0.05, 0.1) is 27.9 Å². The van der Waals surface area contributed by atoms with Crippen molar-refractivity contribution in [3.63, 3.8) is 0 Å². The molecule has 0 aliphatic rings. The van der Waals surface area contributed by atoms with E-state index in [4.69, 9.17) is 16.3 Å². The Bertz CT molecular complexity index is 707. The summed E-state index contributed by atoms with van der Waals surface area (Å²) in [5.41, 5.74) is 0.982. The Kier molecular flexibility index (Phi) is 5.71. The van der Waals surface area contributed by atoms with E-state index in [2.05, 4.69) is 53.1 Å². The van der Waals surface area contributed by atoms with Gasteiger partial charge in [0.1, 0.15) is 5.75 Å². The number of halogens is 4. The van der Waals surface area contributed by atoms with Gasteiger partial charge in [-0.2, -0.15) is 0 Å². The van der Waals surface area contributed by atoms with Crippen LogP contribution in [-0.2, 0) is 0 Å². The Morgan fingerprint density at radius 2 is 1.86 bits per heavy atom. The largest absolute Gasteiger partial charge is 0.495 e. The molecule has 0 aromatic heterocycles. The van der Waals surface area contributed by atoms with E-state index in [0.29, 0.717) is 22.0 Å². The normalized spacial score (nSPS) is 10.3. The molecule has 0 unspecified atom stereocenters. The number of methoxy groups -OCH3 is 1. The number of hydrogen-bond donors (Lipinski definition) is 1. The monoisotopic (exact) mass is 495 g/mol. The predicted molar refractivity (Wildman–Crippen MR) is 95.5 cm³/mol. The Morgan fingerprint density at radius 3 is 2.52 bits per heavy atom. The highest BCUT2D eigenvalue weighted by atomic mass is 79.9. The van der Waals surface area contributed by atoms with Crippen molar-refractivity contribution < 1.29 is 9.53 Å². The summed E-state index contributed by atoms with van der Waals surface area (Å²) in [5.74, 6) is 0.320. The fraction of sp³-hybridized carbons (Fsp3) is 0.0714. The lowest BCUT2D eigenvalue weighted by molar-refractivity contribution is 0.102. The van der Waals surface area contributed by atoms with Crippen molar-refractivity contribution in [1.82, 2.24) is 0 Å². The van der Waals surface area contributed by atoms with Gasteiger partial charge in [-0.15, -0.1) is 0 Å². The van der Waals surface area contributed by atoms with Crippen molar-refractivity contribution in [3.05, 3.63) is 54.3 Å². The second-order valence-corrected chi connectivity index (χ2v) is 7.08. The van der Waals surface area contributed by atoms with Crippen LogP contribution in [0.4, 0.5) is 5.69 Å². The highest BCUT2D eigenvalue weighted by Gasteiger charge is 2.14. The summed E-state index contributed by atoms with van der Waals surface area (Å²) in [4.78, 5) is 12.3. The third-order valence-corrected chi connectivity index (χ3v) is 4.76. The molecule has 0 heterocycles. The number of benzene rings is 2. The molecule has 0 radical (unpaired) electrons. The number of ether oxygens (including phenoxy) is 1. The molecule has 0 saturated carbocycles. The fourth-order valence-electron chi connectivity index (χ4n) is 1.64. The molecule has 0 saturated heterocycles. The lowest BCUT2D eigenvalue weighted by Gasteiger charge is -2.12. The molecule has 7 heteroatoms. The Balaban J connectivity index is 2.33. The zero-order valence-corrected chi connectivity index (χ0v) is 16.2. The van der Waals surface area contributed by atoms with Crippen LogP contribution >= 0.6 is 59.4 Å². The molecule has 0 aliphatic heterocycles. The van der Waals surface area contributed by atoms with Crippen LogP contribution in [0, 0.1) is 0 Å². The van der Waals surface area contributed by atoms with Crippen molar-refractivity contribution in [2.45, 2.75) is 0 Å². The van der Waals surface area contributed by atoms with Crippen LogP contribution in [-0.4, -0.2) is 13.0 Å². The van der Waals surface area contributed by atoms with Crippen LogP contribution in [0.5, 0.6) is 5.75 Å². The zero-order chi connectivity index (χ0) is 15.6. The molecule has 1 amide bonds. The first kappa shape index (κ1) is 16.8. The minimum atomic E-state index is -0.300. The van der Waals surface area contributed by atoms with E-state index in [1.54, 1.807) is 37.4 Å². The highest BCUT2D eigenvalue weighted by Crippen LogP contribution is 2.35. The van der Waals surface area contributed by atoms with E-state index in [0.717, 1.165) is 13.4 Å². The van der Waals surface area contributed by atoms with E-state index >= 15 is 0 Å². The molecule has 2 aromatic carbocycles. The summed E-state index contributed by atoms with van der Waals surface area (Å²) in [6.07, 6.45) is 0. The molecular formula is C14H9Br3ClNO2. The number of carbonyl (C=O) groups is 1. The van der Waals surface area contributed by atoms with E-state index in [-0.39, 0.29) is 5.91 Å². The molecule has 0 spiro atoms. The van der Waals surface area contributed by atoms with Crippen molar-refractivity contribution in [2.75, 3.05) is 12.4 Å². The summed E-state index contributed by atoms with van der Waals surface area (Å²) in [7, 11) is 1.56. The van der Waals surface area contributed by atoms with Crippen LogP contribution in [0.3, 0.4) is 0 Å². The maximum atomic E-state index is 12.3. The smallest absolute Gasteiger partial charge is 0.257 e. The van der Waals surface area contributed by atoms with E-state index in [1.807, 2.05) is 0 Å². The van der Waals surface area contributed by atoms with E-state index < -0.39 is 0 Å². The Morgan fingerprint density at radius 1 is 1.14 bits per heavy atom. The average Bonchev–Trinajstić information content (AvgIpc) is 2.44. The molecular weight excluding hydrogens is 489 g/mol. The number of hydrogen-bond acceptors (Lipinski definition) is 2. The molecule has 0 fully saturated rings. The topological polar surface area (TPSA) is 38.3 Å². The quantitative estimate of drug-likeness (QED) is 0.574. The zero-order valence-electron chi connectivity index (χ0n) is 10.7. The number of amides is 1. The van der Waals surface area contributed by atoms with Crippen LogP contribution in [0.1, 0.15) is 10.4 Å². The SMILES string of the molecule is COc1cc(NC(=O)c2cc(Br)ccc2Cl)c(Br)cc1Br. The second-order valence-electron chi connectivity index (χ2n) is 4.04. The first-order valence-electron chi connectivity index (χ1n) is 5.72. The van der Waals surface area contributed by atoms with Crippen LogP contribution in [0.25, 0.3) is 0 Å². The average molecular weight is 498 g/mol. The maximum absolute atomic E-state index is 12.3. The van der Waals surface area contributed by atoms with Gasteiger partial charge in [0.15, 0.2) is 0 Å².